The molecule has 0 aliphatic heterocycles. The molecule has 92 heavy (non-hydrogen) atoms. The Morgan fingerprint density at radius 1 is 0.391 bits per heavy atom. The van der Waals surface area contributed by atoms with Gasteiger partial charge in [-0.05, 0) is 146 Å². The van der Waals surface area contributed by atoms with Gasteiger partial charge in [0.05, 0.1) is 71.1 Å². The highest BCUT2D eigenvalue weighted by atomic mass is 31.2. The SMILES string of the molecule is COc1ccc(-c2cn(COP(=O)(OCn3cc(-c4ccc(OC)cc4)c(=O)c4c(F)ccc(NCC5CCCCC5)c43)OCn3cc(-c4ccc(OC)cc4)c(=O)c4c(F)ccc(NCC5CCCCC5)c43)c3c(NCC4CCCCC4)ccc(F)c3c2=O)cc1. The van der Waals surface area contributed by atoms with Crippen molar-refractivity contribution in [3.63, 3.8) is 0 Å². The van der Waals surface area contributed by atoms with E-state index in [2.05, 4.69) is 16.0 Å². The van der Waals surface area contributed by atoms with Crippen LogP contribution in [0.15, 0.2) is 142 Å². The lowest BCUT2D eigenvalue weighted by Gasteiger charge is -2.26. The molecule has 3 aromatic heterocycles. The maximum absolute atomic E-state index is 16.7. The predicted octanol–water partition coefficient (Wildman–Crippen LogP) is 16.5. The lowest BCUT2D eigenvalue weighted by Crippen LogP contribution is -2.21. The zero-order valence-corrected chi connectivity index (χ0v) is 53.1. The monoisotopic (exact) mass is 1270 g/mol. The number of benzene rings is 6. The maximum Gasteiger partial charge on any atom is 0.480 e. The minimum absolute atomic E-state index is 0.0888. The topological polar surface area (TPSA) is 175 Å². The van der Waals surface area contributed by atoms with Gasteiger partial charge in [-0.1, -0.05) is 94.2 Å². The molecule has 3 fully saturated rings. The first-order valence-electron chi connectivity index (χ1n) is 32.1. The van der Waals surface area contributed by atoms with Gasteiger partial charge in [-0.2, -0.15) is 0 Å². The normalized spacial score (nSPS) is 15.3. The Kier molecular flexibility index (Phi) is 19.9. The summed E-state index contributed by atoms with van der Waals surface area (Å²) in [5, 5.41) is 9.79. The molecule has 6 aromatic carbocycles. The van der Waals surface area contributed by atoms with Gasteiger partial charge in [0.15, 0.2) is 16.3 Å². The second-order valence-electron chi connectivity index (χ2n) is 24.5. The van der Waals surface area contributed by atoms with Crippen molar-refractivity contribution in [3.8, 4) is 50.6 Å². The summed E-state index contributed by atoms with van der Waals surface area (Å²) >= 11 is 0. The van der Waals surface area contributed by atoms with Crippen molar-refractivity contribution in [3.05, 3.63) is 176 Å². The summed E-state index contributed by atoms with van der Waals surface area (Å²) in [4.78, 5) is 44.4. The van der Waals surface area contributed by atoms with E-state index in [1.54, 1.807) is 91.0 Å². The molecule has 16 nitrogen and oxygen atoms in total. The second-order valence-corrected chi connectivity index (χ2v) is 26.2. The Morgan fingerprint density at radius 3 is 0.902 bits per heavy atom. The van der Waals surface area contributed by atoms with Crippen LogP contribution in [-0.4, -0.2) is 54.7 Å². The van der Waals surface area contributed by atoms with Gasteiger partial charge in [0.1, 0.15) is 54.9 Å². The third-order valence-electron chi connectivity index (χ3n) is 18.7. The molecule has 3 N–H and O–H groups in total. The lowest BCUT2D eigenvalue weighted by atomic mass is 9.89. The van der Waals surface area contributed by atoms with E-state index in [4.69, 9.17) is 27.8 Å². The third kappa shape index (κ3) is 13.9. The standard InChI is InChI=1S/C72H78F3N6O10P/c1-86-52-25-19-49(20-26-52)55-40-79(67-61(34-31-58(73)64(67)70(55)82)76-37-46-13-7-4-8-14-46)43-89-92(85,90-44-80-41-56(50-21-27-53(87-2)28-22-50)71(83)65-59(74)32-35-62(68(65)80)77-38-47-15-9-5-10-16-47)91-45-81-42-57(51-23-29-54(88-3)30-24-51)72(84)66-60(75)33-36-63(69(66)81)78-39-48-17-11-6-12-18-48/h19-36,40-42,46-48,76-78H,4-18,37-39,43-45H2,1-3H3. The smallest absolute Gasteiger partial charge is 0.480 e. The van der Waals surface area contributed by atoms with Gasteiger partial charge in [-0.3, -0.25) is 28.0 Å². The average molecular weight is 1280 g/mol. The minimum Gasteiger partial charge on any atom is -0.497 e. The minimum atomic E-state index is -5.16. The quantitative estimate of drug-likeness (QED) is 0.0488. The number of ether oxygens (including phenoxy) is 3. The van der Waals surface area contributed by atoms with Gasteiger partial charge in [-0.25, -0.2) is 17.7 Å². The van der Waals surface area contributed by atoms with Crippen LogP contribution in [0.3, 0.4) is 0 Å². The van der Waals surface area contributed by atoms with Crippen molar-refractivity contribution < 1.29 is 45.5 Å². The summed E-state index contributed by atoms with van der Waals surface area (Å²) in [5.41, 5.74) is 1.37. The van der Waals surface area contributed by atoms with Gasteiger partial charge < -0.3 is 43.9 Å². The number of hydrogen-bond donors (Lipinski definition) is 3. The molecule has 0 spiro atoms. The number of rotatable bonds is 24. The van der Waals surface area contributed by atoms with E-state index in [0.717, 1.165) is 96.3 Å². The fourth-order valence-corrected chi connectivity index (χ4v) is 14.6. The highest BCUT2D eigenvalue weighted by Gasteiger charge is 2.32. The molecule has 0 amide bonds. The van der Waals surface area contributed by atoms with Gasteiger partial charge in [0, 0.05) is 54.9 Å². The van der Waals surface area contributed by atoms with Crippen LogP contribution in [0.4, 0.5) is 30.2 Å². The number of methoxy groups -OCH3 is 3. The Hall–Kier alpha value is -8.35. The third-order valence-corrected chi connectivity index (χ3v) is 20.0. The molecule has 0 bridgehead atoms. The average Bonchev–Trinajstić information content (AvgIpc) is 0.776. The summed E-state index contributed by atoms with van der Waals surface area (Å²) in [6, 6.07) is 28.6. The summed E-state index contributed by atoms with van der Waals surface area (Å²) < 4.78 is 107. The van der Waals surface area contributed by atoms with Crippen LogP contribution in [0.25, 0.3) is 66.1 Å². The molecule has 20 heteroatoms. The van der Waals surface area contributed by atoms with Crippen LogP contribution >= 0.6 is 7.82 Å². The van der Waals surface area contributed by atoms with Crippen LogP contribution < -0.4 is 46.4 Å². The molecule has 3 aliphatic carbocycles. The molecular formula is C72H78F3N6O10P. The van der Waals surface area contributed by atoms with Gasteiger partial charge in [-0.15, -0.1) is 0 Å². The number of nitrogens with one attached hydrogen (secondary N) is 3. The van der Waals surface area contributed by atoms with Gasteiger partial charge in [0.25, 0.3) is 0 Å². The van der Waals surface area contributed by atoms with Gasteiger partial charge >= 0.3 is 7.82 Å². The van der Waals surface area contributed by atoms with Crippen LogP contribution in [0.1, 0.15) is 96.3 Å². The number of phosphoric ester groups is 1. The zero-order valence-electron chi connectivity index (χ0n) is 52.2. The molecule has 482 valence electrons. The molecule has 0 radical (unpaired) electrons. The van der Waals surface area contributed by atoms with Crippen LogP contribution in [0, 0.1) is 35.2 Å². The number of anilines is 3. The molecule has 12 rings (SSSR count). The van der Waals surface area contributed by atoms with E-state index in [1.807, 2.05) is 0 Å². The van der Waals surface area contributed by atoms with E-state index < -0.39 is 61.8 Å². The summed E-state index contributed by atoms with van der Waals surface area (Å²) in [6.07, 6.45) is 20.4. The van der Waals surface area contributed by atoms with Crippen LogP contribution in [0.5, 0.6) is 17.2 Å². The Labute approximate surface area is 532 Å². The van der Waals surface area contributed by atoms with E-state index in [9.17, 15) is 14.4 Å². The summed E-state index contributed by atoms with van der Waals surface area (Å²) in [7, 11) is -0.598. The number of halogens is 3. The van der Waals surface area contributed by atoms with Crippen molar-refractivity contribution in [2.24, 2.45) is 17.8 Å². The zero-order chi connectivity index (χ0) is 63.9. The van der Waals surface area contributed by atoms with Crippen molar-refractivity contribution in [1.82, 2.24) is 13.7 Å². The highest BCUT2D eigenvalue weighted by molar-refractivity contribution is 7.48. The fraction of sp³-hybridized carbons (Fsp3) is 0.375. The van der Waals surface area contributed by atoms with E-state index in [1.165, 1.54) is 71.8 Å². The lowest BCUT2D eigenvalue weighted by molar-refractivity contribution is 0.0564. The van der Waals surface area contributed by atoms with E-state index in [0.29, 0.717) is 88.4 Å². The number of fused-ring (bicyclic) bond motifs is 3. The molecule has 3 saturated carbocycles. The number of aromatic nitrogens is 3. The van der Waals surface area contributed by atoms with E-state index in [-0.39, 0.29) is 49.4 Å². The molecule has 0 saturated heterocycles. The van der Waals surface area contributed by atoms with Gasteiger partial charge in [0.2, 0.25) is 0 Å². The number of nitrogens with zero attached hydrogens (tertiary/aromatic N) is 3. The largest absolute Gasteiger partial charge is 0.497 e. The molecule has 0 unspecified atom stereocenters. The Balaban J connectivity index is 1.01. The molecule has 3 aliphatic rings. The summed E-state index contributed by atoms with van der Waals surface area (Å²) in [6.45, 7) is -0.449. The maximum atomic E-state index is 16.7. The van der Waals surface area contributed by atoms with E-state index >= 15 is 17.7 Å². The van der Waals surface area contributed by atoms with Crippen molar-refractivity contribution in [2.45, 2.75) is 117 Å². The summed E-state index contributed by atoms with van der Waals surface area (Å²) in [5.74, 6) is 0.121. The first kappa shape index (κ1) is 63.8. The van der Waals surface area contributed by atoms with Crippen LogP contribution in [0.2, 0.25) is 0 Å². The molecule has 3 heterocycles. The first-order valence-corrected chi connectivity index (χ1v) is 33.5. The molecular weight excluding hydrogens is 1200 g/mol. The van der Waals surface area contributed by atoms with Crippen molar-refractivity contribution in [2.75, 3.05) is 56.9 Å². The first-order chi connectivity index (χ1) is 44.8. The Bertz CT molecular complexity index is 3910. The second kappa shape index (κ2) is 28.7. The predicted molar refractivity (Wildman–Crippen MR) is 357 cm³/mol. The number of pyridine rings is 3. The fourth-order valence-electron chi connectivity index (χ4n) is 13.6. The highest BCUT2D eigenvalue weighted by Crippen LogP contribution is 2.52. The van der Waals surface area contributed by atoms with Crippen molar-refractivity contribution >= 4 is 57.6 Å². The molecule has 9 aromatic rings. The molecule has 0 atom stereocenters. The van der Waals surface area contributed by atoms with Crippen molar-refractivity contribution in [1.29, 1.82) is 0 Å². The number of phosphoric acid groups is 1. The van der Waals surface area contributed by atoms with Crippen LogP contribution in [-0.2, 0) is 38.3 Å². The Morgan fingerprint density at radius 2 is 0.652 bits per heavy atom. The number of hydrogen-bond acceptors (Lipinski definition) is 13.